The van der Waals surface area contributed by atoms with E-state index in [1.54, 1.807) is 21.3 Å². The molecule has 7 nitrogen and oxygen atoms in total. The van der Waals surface area contributed by atoms with Gasteiger partial charge in [0.15, 0.2) is 17.5 Å². The van der Waals surface area contributed by atoms with Crippen molar-refractivity contribution in [1.29, 1.82) is 0 Å². The van der Waals surface area contributed by atoms with Crippen LogP contribution in [0, 0.1) is 0 Å². The molecular weight excluding hydrogens is 368 g/mol. The van der Waals surface area contributed by atoms with Crippen LogP contribution in [0.3, 0.4) is 0 Å². The summed E-state index contributed by atoms with van der Waals surface area (Å²) in [5.74, 6) is 2.49. The molecule has 0 spiro atoms. The lowest BCUT2D eigenvalue weighted by atomic mass is 10.1. The summed E-state index contributed by atoms with van der Waals surface area (Å²) in [6, 6.07) is 6.61. The summed E-state index contributed by atoms with van der Waals surface area (Å²) in [4.78, 5) is 9.63. The molecule has 1 heterocycles. The maximum Gasteiger partial charge on any atom is 0.193 e. The summed E-state index contributed by atoms with van der Waals surface area (Å²) in [7, 11) is 7.19. The highest BCUT2D eigenvalue weighted by molar-refractivity contribution is 5.79. The summed E-state index contributed by atoms with van der Waals surface area (Å²) in [6.07, 6.45) is 3.36. The Morgan fingerprint density at radius 2 is 2.03 bits per heavy atom. The molecule has 0 amide bonds. The van der Waals surface area contributed by atoms with Crippen LogP contribution in [0.1, 0.15) is 25.3 Å². The maximum atomic E-state index is 5.41. The number of hydrogen-bond donors (Lipinski definition) is 1. The summed E-state index contributed by atoms with van der Waals surface area (Å²) in [5, 5.41) is 3.43. The van der Waals surface area contributed by atoms with Crippen molar-refractivity contribution >= 4 is 5.96 Å². The molecule has 1 fully saturated rings. The Morgan fingerprint density at radius 3 is 2.72 bits per heavy atom. The van der Waals surface area contributed by atoms with E-state index < -0.39 is 0 Å². The second-order valence-corrected chi connectivity index (χ2v) is 7.38. The van der Waals surface area contributed by atoms with Crippen molar-refractivity contribution < 1.29 is 14.2 Å². The monoisotopic (exact) mass is 406 g/mol. The van der Waals surface area contributed by atoms with Crippen molar-refractivity contribution in [1.82, 2.24) is 15.1 Å². The van der Waals surface area contributed by atoms with E-state index in [0.29, 0.717) is 6.04 Å². The minimum absolute atomic E-state index is 0.512. The van der Waals surface area contributed by atoms with E-state index in [2.05, 4.69) is 35.2 Å². The van der Waals surface area contributed by atoms with Gasteiger partial charge in [0.25, 0.3) is 0 Å². The molecule has 1 aromatic carbocycles. The molecule has 1 atom stereocenters. The van der Waals surface area contributed by atoms with E-state index in [-0.39, 0.29) is 0 Å². The molecule has 0 saturated carbocycles. The Labute approximate surface area is 176 Å². The van der Waals surface area contributed by atoms with Crippen molar-refractivity contribution in [2.75, 3.05) is 67.7 Å². The number of methoxy groups -OCH3 is 3. The Hall–Kier alpha value is -1.99. The topological polar surface area (TPSA) is 58.6 Å². The van der Waals surface area contributed by atoms with Crippen molar-refractivity contribution in [3.63, 3.8) is 0 Å². The first-order valence-corrected chi connectivity index (χ1v) is 10.6. The minimum atomic E-state index is 0.512. The van der Waals surface area contributed by atoms with Crippen LogP contribution >= 0.6 is 0 Å². The first-order chi connectivity index (χ1) is 14.1. The number of nitrogens with one attached hydrogen (secondary N) is 1. The maximum absolute atomic E-state index is 5.41. The van der Waals surface area contributed by atoms with Gasteiger partial charge in [-0.2, -0.15) is 0 Å². The molecule has 2 rings (SSSR count). The van der Waals surface area contributed by atoms with Crippen LogP contribution in [0.4, 0.5) is 0 Å². The zero-order valence-electron chi connectivity index (χ0n) is 18.7. The number of aliphatic imine (C=N–C) groups is 1. The third-order valence-electron chi connectivity index (χ3n) is 5.41. The van der Waals surface area contributed by atoms with E-state index >= 15 is 0 Å². The van der Waals surface area contributed by atoms with Crippen molar-refractivity contribution in [2.24, 2.45) is 4.99 Å². The highest BCUT2D eigenvalue weighted by Gasteiger charge is 2.24. The SMILES string of the molecule is CCNC(=NCC1CCCN1CCOC)N(C)CCc1ccc(OC)c(OC)c1. The first-order valence-electron chi connectivity index (χ1n) is 10.6. The predicted molar refractivity (Wildman–Crippen MR) is 118 cm³/mol. The standard InChI is InChI=1S/C22H38N4O3/c1-6-23-22(24-17-19-8-7-12-26(19)14-15-27-3)25(2)13-11-18-9-10-20(28-4)21(16-18)29-5/h9-10,16,19H,6-8,11-15,17H2,1-5H3,(H,23,24). The van der Waals surface area contributed by atoms with Crippen LogP contribution in [0.2, 0.25) is 0 Å². The second kappa shape index (κ2) is 12.5. The van der Waals surface area contributed by atoms with Crippen LogP contribution in [-0.2, 0) is 11.2 Å². The zero-order valence-corrected chi connectivity index (χ0v) is 18.7. The van der Waals surface area contributed by atoms with Gasteiger partial charge in [-0.1, -0.05) is 6.07 Å². The molecule has 1 aliphatic rings. The molecule has 0 aliphatic carbocycles. The molecule has 1 N–H and O–H groups in total. The number of likely N-dealkylation sites (tertiary alicyclic amines) is 1. The summed E-state index contributed by atoms with van der Waals surface area (Å²) in [5.41, 5.74) is 1.21. The molecule has 1 unspecified atom stereocenters. The summed E-state index contributed by atoms with van der Waals surface area (Å²) in [6.45, 7) is 7.59. The van der Waals surface area contributed by atoms with Crippen LogP contribution in [-0.4, -0.2) is 89.5 Å². The van der Waals surface area contributed by atoms with Gasteiger partial charge in [-0.15, -0.1) is 0 Å². The van der Waals surface area contributed by atoms with E-state index in [4.69, 9.17) is 19.2 Å². The van der Waals surface area contributed by atoms with Gasteiger partial charge >= 0.3 is 0 Å². The van der Waals surface area contributed by atoms with E-state index in [1.165, 1.54) is 18.4 Å². The Kier molecular flexibility index (Phi) is 10.1. The molecule has 1 aliphatic heterocycles. The highest BCUT2D eigenvalue weighted by Crippen LogP contribution is 2.27. The summed E-state index contributed by atoms with van der Waals surface area (Å²) >= 11 is 0. The molecule has 1 aromatic rings. The first kappa shape index (κ1) is 23.3. The van der Waals surface area contributed by atoms with E-state index in [0.717, 1.165) is 63.2 Å². The molecule has 7 heteroatoms. The van der Waals surface area contributed by atoms with Crippen molar-refractivity contribution in [2.45, 2.75) is 32.2 Å². The quantitative estimate of drug-likeness (QED) is 0.449. The van der Waals surface area contributed by atoms with Gasteiger partial charge in [-0.05, 0) is 50.4 Å². The lowest BCUT2D eigenvalue weighted by Crippen LogP contribution is -2.41. The van der Waals surface area contributed by atoms with Crippen LogP contribution in [0.5, 0.6) is 11.5 Å². The normalized spacial score (nSPS) is 17.4. The number of rotatable bonds is 11. The number of likely N-dealkylation sites (N-methyl/N-ethyl adjacent to an activating group) is 1. The highest BCUT2D eigenvalue weighted by atomic mass is 16.5. The molecule has 164 valence electrons. The van der Waals surface area contributed by atoms with Gasteiger partial charge in [0.05, 0.1) is 27.4 Å². The number of nitrogens with zero attached hydrogens (tertiary/aromatic N) is 3. The number of benzene rings is 1. The van der Waals surface area contributed by atoms with Crippen LogP contribution in [0.25, 0.3) is 0 Å². The zero-order chi connectivity index (χ0) is 21.1. The van der Waals surface area contributed by atoms with E-state index in [9.17, 15) is 0 Å². The molecule has 0 bridgehead atoms. The van der Waals surface area contributed by atoms with Gasteiger partial charge in [-0.3, -0.25) is 9.89 Å². The lowest BCUT2D eigenvalue weighted by molar-refractivity contribution is 0.142. The van der Waals surface area contributed by atoms with E-state index in [1.807, 2.05) is 12.1 Å². The van der Waals surface area contributed by atoms with Gasteiger partial charge in [0.1, 0.15) is 0 Å². The third-order valence-corrected chi connectivity index (χ3v) is 5.41. The fourth-order valence-electron chi connectivity index (χ4n) is 3.71. The molecular formula is C22H38N4O3. The molecule has 29 heavy (non-hydrogen) atoms. The minimum Gasteiger partial charge on any atom is -0.493 e. The predicted octanol–water partition coefficient (Wildman–Crippen LogP) is 2.25. The number of ether oxygens (including phenoxy) is 3. The largest absolute Gasteiger partial charge is 0.493 e. The van der Waals surface area contributed by atoms with Gasteiger partial charge in [0.2, 0.25) is 0 Å². The Bertz CT molecular complexity index is 638. The smallest absolute Gasteiger partial charge is 0.193 e. The average molecular weight is 407 g/mol. The van der Waals surface area contributed by atoms with Crippen LogP contribution < -0.4 is 14.8 Å². The molecule has 0 aromatic heterocycles. The molecule has 0 radical (unpaired) electrons. The second-order valence-electron chi connectivity index (χ2n) is 7.38. The fraction of sp³-hybridized carbons (Fsp3) is 0.682. The lowest BCUT2D eigenvalue weighted by Gasteiger charge is -2.25. The van der Waals surface area contributed by atoms with Crippen molar-refractivity contribution in [3.05, 3.63) is 23.8 Å². The molecule has 1 saturated heterocycles. The van der Waals surface area contributed by atoms with Gasteiger partial charge in [-0.25, -0.2) is 0 Å². The van der Waals surface area contributed by atoms with Crippen molar-refractivity contribution in [3.8, 4) is 11.5 Å². The van der Waals surface area contributed by atoms with Gasteiger partial charge < -0.3 is 24.4 Å². The Morgan fingerprint density at radius 1 is 1.24 bits per heavy atom. The number of hydrogen-bond acceptors (Lipinski definition) is 5. The summed E-state index contributed by atoms with van der Waals surface area (Å²) < 4.78 is 16.0. The number of guanidine groups is 1. The fourth-order valence-corrected chi connectivity index (χ4v) is 3.71. The third kappa shape index (κ3) is 7.08. The average Bonchev–Trinajstić information content (AvgIpc) is 3.20. The van der Waals surface area contributed by atoms with Gasteiger partial charge in [0, 0.05) is 39.8 Å². The van der Waals surface area contributed by atoms with Crippen LogP contribution in [0.15, 0.2) is 23.2 Å². The Balaban J connectivity index is 1.94.